The largest absolute Gasteiger partial charge is 0.510 e. The van der Waals surface area contributed by atoms with E-state index in [-0.39, 0.29) is 41.7 Å². The molecule has 42 heavy (non-hydrogen) atoms. The van der Waals surface area contributed by atoms with Crippen LogP contribution in [-0.2, 0) is 20.8 Å². The third-order valence-corrected chi connectivity index (χ3v) is 9.08. The van der Waals surface area contributed by atoms with Gasteiger partial charge in [-0.05, 0) is 95.9 Å². The van der Waals surface area contributed by atoms with Crippen molar-refractivity contribution in [1.82, 2.24) is 15.1 Å². The topological polar surface area (TPSA) is 174 Å². The number of Topliss-reactive ketones (excluding diaryl/α,β-unsaturated/α-hetero) is 2. The number of nitrogens with two attached hydrogens (primary N) is 1. The molecule has 4 unspecified atom stereocenters. The van der Waals surface area contributed by atoms with Crippen LogP contribution in [0.25, 0.3) is 5.76 Å². The maximum atomic E-state index is 13.9. The molecule has 0 bridgehead atoms. The number of nitrogens with zero attached hydrogens (tertiary/aromatic N) is 2. The van der Waals surface area contributed by atoms with Gasteiger partial charge in [0.05, 0.1) is 17.5 Å². The number of hydrogen-bond donors (Lipinski definition) is 5. The number of primary amides is 1. The summed E-state index contributed by atoms with van der Waals surface area (Å²) in [6, 6.07) is 1.89. The van der Waals surface area contributed by atoms with E-state index < -0.39 is 58.4 Å². The molecule has 11 heteroatoms. The van der Waals surface area contributed by atoms with E-state index in [0.717, 1.165) is 32.5 Å². The molecule has 4 rings (SSSR count). The van der Waals surface area contributed by atoms with Crippen molar-refractivity contribution in [2.45, 2.75) is 58.5 Å². The number of phenols is 1. The zero-order chi connectivity index (χ0) is 31.0. The minimum atomic E-state index is -1.32. The molecule has 6 N–H and O–H groups in total. The van der Waals surface area contributed by atoms with Gasteiger partial charge in [0.2, 0.25) is 0 Å². The van der Waals surface area contributed by atoms with Crippen molar-refractivity contribution in [1.29, 1.82) is 0 Å². The molecule has 0 heterocycles. The number of ketones is 2. The van der Waals surface area contributed by atoms with Crippen LogP contribution in [0.2, 0.25) is 0 Å². The highest BCUT2D eigenvalue weighted by molar-refractivity contribution is 6.28. The molecular formula is C31H42N4O7. The minimum absolute atomic E-state index is 0.00387. The van der Waals surface area contributed by atoms with Gasteiger partial charge in [0.1, 0.15) is 22.8 Å². The van der Waals surface area contributed by atoms with Gasteiger partial charge in [-0.3, -0.25) is 24.1 Å². The molecule has 2 amide bonds. The number of rotatable bonds is 10. The Morgan fingerprint density at radius 1 is 1.10 bits per heavy atom. The third-order valence-electron chi connectivity index (χ3n) is 9.08. The summed E-state index contributed by atoms with van der Waals surface area (Å²) in [5, 5.41) is 36.0. The number of phenolic OH excluding ortho intramolecular Hbond substituents is 1. The van der Waals surface area contributed by atoms with E-state index in [2.05, 4.69) is 24.1 Å². The normalized spacial score (nSPS) is 24.5. The van der Waals surface area contributed by atoms with Gasteiger partial charge in [-0.1, -0.05) is 13.8 Å². The van der Waals surface area contributed by atoms with Crippen LogP contribution in [0.15, 0.2) is 29.0 Å². The lowest BCUT2D eigenvalue weighted by molar-refractivity contribution is -0.136. The fourth-order valence-corrected chi connectivity index (χ4v) is 7.01. The maximum absolute atomic E-state index is 13.9. The highest BCUT2D eigenvalue weighted by Crippen LogP contribution is 2.50. The lowest BCUT2D eigenvalue weighted by Gasteiger charge is -2.46. The van der Waals surface area contributed by atoms with Crippen LogP contribution in [0.4, 0.5) is 0 Å². The Kier molecular flexibility index (Phi) is 9.12. The van der Waals surface area contributed by atoms with E-state index in [1.807, 2.05) is 6.92 Å². The molecule has 0 radical (unpaired) electrons. The summed E-state index contributed by atoms with van der Waals surface area (Å²) in [5.41, 5.74) is 5.50. The first kappa shape index (κ1) is 31.2. The Bertz CT molecular complexity index is 1360. The summed E-state index contributed by atoms with van der Waals surface area (Å²) < 4.78 is 0. The van der Waals surface area contributed by atoms with Crippen molar-refractivity contribution in [2.24, 2.45) is 23.5 Å². The van der Waals surface area contributed by atoms with E-state index in [1.54, 1.807) is 19.0 Å². The fourth-order valence-electron chi connectivity index (χ4n) is 7.01. The smallest absolute Gasteiger partial charge is 0.255 e. The summed E-state index contributed by atoms with van der Waals surface area (Å²) in [4.78, 5) is 56.6. The van der Waals surface area contributed by atoms with Crippen LogP contribution in [0.1, 0.15) is 61.5 Å². The average Bonchev–Trinajstić information content (AvgIpc) is 2.90. The molecule has 0 saturated heterocycles. The zero-order valence-electron chi connectivity index (χ0n) is 24.9. The van der Waals surface area contributed by atoms with Gasteiger partial charge in [0.15, 0.2) is 11.6 Å². The molecule has 0 aliphatic heterocycles. The van der Waals surface area contributed by atoms with Crippen molar-refractivity contribution < 1.29 is 34.5 Å². The number of aromatic hydroxyl groups is 1. The van der Waals surface area contributed by atoms with Gasteiger partial charge in [0, 0.05) is 17.2 Å². The highest BCUT2D eigenvalue weighted by atomic mass is 16.3. The molecule has 11 nitrogen and oxygen atoms in total. The van der Waals surface area contributed by atoms with Crippen LogP contribution in [0, 0.1) is 17.8 Å². The number of aliphatic hydroxyl groups is 2. The summed E-state index contributed by atoms with van der Waals surface area (Å²) >= 11 is 0. The first-order valence-electron chi connectivity index (χ1n) is 14.6. The maximum Gasteiger partial charge on any atom is 0.255 e. The van der Waals surface area contributed by atoms with Crippen LogP contribution < -0.4 is 11.1 Å². The molecule has 5 atom stereocenters. The first-order chi connectivity index (χ1) is 19.8. The van der Waals surface area contributed by atoms with E-state index >= 15 is 0 Å². The lowest BCUT2D eigenvalue weighted by atomic mass is 9.59. The quantitative estimate of drug-likeness (QED) is 0.204. The van der Waals surface area contributed by atoms with Gasteiger partial charge < -0.3 is 31.3 Å². The summed E-state index contributed by atoms with van der Waals surface area (Å²) in [5.74, 6) is -6.83. The number of likely N-dealkylation sites (N-methyl/N-ethyl adjacent to an activating group) is 1. The third kappa shape index (κ3) is 5.43. The van der Waals surface area contributed by atoms with Gasteiger partial charge in [0.25, 0.3) is 11.8 Å². The van der Waals surface area contributed by atoms with Crippen LogP contribution in [0.3, 0.4) is 0 Å². The van der Waals surface area contributed by atoms with Gasteiger partial charge >= 0.3 is 0 Å². The number of nitrogens with one attached hydrogen (secondary N) is 1. The Hall–Kier alpha value is -3.70. The highest BCUT2D eigenvalue weighted by Gasteiger charge is 2.55. The Labute approximate surface area is 246 Å². The van der Waals surface area contributed by atoms with Crippen molar-refractivity contribution >= 4 is 29.1 Å². The van der Waals surface area contributed by atoms with Gasteiger partial charge in [-0.15, -0.1) is 0 Å². The number of carbonyl (C=O) groups is 4. The Morgan fingerprint density at radius 2 is 1.76 bits per heavy atom. The van der Waals surface area contributed by atoms with E-state index in [9.17, 15) is 34.5 Å². The second-order valence-corrected chi connectivity index (χ2v) is 11.8. The minimum Gasteiger partial charge on any atom is -0.510 e. The molecule has 1 aromatic rings. The Morgan fingerprint density at radius 3 is 2.36 bits per heavy atom. The second kappa shape index (κ2) is 12.3. The van der Waals surface area contributed by atoms with Crippen molar-refractivity contribution in [3.8, 4) is 5.75 Å². The predicted octanol–water partition coefficient (Wildman–Crippen LogP) is 2.09. The monoisotopic (exact) mass is 582 g/mol. The van der Waals surface area contributed by atoms with Crippen LogP contribution in [0.5, 0.6) is 5.75 Å². The number of amides is 2. The number of allylic oxidation sites excluding steroid dienone is 1. The average molecular weight is 583 g/mol. The number of carbonyl (C=O) groups excluding carboxylic acids is 4. The second-order valence-electron chi connectivity index (χ2n) is 11.8. The van der Waals surface area contributed by atoms with Crippen LogP contribution in [-0.4, -0.2) is 94.3 Å². The molecule has 228 valence electrons. The molecule has 1 aromatic carbocycles. The zero-order valence-corrected chi connectivity index (χ0v) is 24.9. The fraction of sp³-hybridized carbons (Fsp3) is 0.548. The summed E-state index contributed by atoms with van der Waals surface area (Å²) in [6.45, 7) is 9.03. The molecule has 1 fully saturated rings. The number of hydrogen-bond acceptors (Lipinski definition) is 9. The van der Waals surface area contributed by atoms with Gasteiger partial charge in [-0.25, -0.2) is 0 Å². The Balaban J connectivity index is 1.67. The first-order valence-corrected chi connectivity index (χ1v) is 14.6. The van der Waals surface area contributed by atoms with Crippen LogP contribution >= 0.6 is 0 Å². The molecular weight excluding hydrogens is 540 g/mol. The van der Waals surface area contributed by atoms with E-state index in [1.165, 1.54) is 12.1 Å². The van der Waals surface area contributed by atoms with Crippen molar-refractivity contribution in [2.75, 3.05) is 33.7 Å². The molecule has 0 spiro atoms. The molecule has 3 aliphatic carbocycles. The van der Waals surface area contributed by atoms with Crippen molar-refractivity contribution in [3.05, 3.63) is 45.7 Å². The summed E-state index contributed by atoms with van der Waals surface area (Å²) in [7, 11) is 3.33. The molecule has 1 saturated carbocycles. The predicted molar refractivity (Wildman–Crippen MR) is 157 cm³/mol. The van der Waals surface area contributed by atoms with Gasteiger partial charge in [-0.2, -0.15) is 0 Å². The molecule has 3 aliphatic rings. The van der Waals surface area contributed by atoms with E-state index in [4.69, 9.17) is 5.73 Å². The number of aliphatic hydroxyl groups excluding tert-OH is 2. The standard InChI is InChI=1S/C31H42N4O7/c1-6-35(7-2)12-8-9-15(3)33-31(42)17-10-11-20(36)22-18(17)13-16-14-19-23(27(38)21(16)26(22)37)28(39)24(30(32)41)29(40)25(19)34(4)5/h10-11,15-16,19,23,25,36-37,40H,6-9,12-14H2,1-5H3,(H2,32,41)(H,33,42)/t15?,16?,19?,23?,25-/m0/s1. The van der Waals surface area contributed by atoms with Crippen molar-refractivity contribution in [3.63, 3.8) is 0 Å². The molecule has 0 aromatic heterocycles. The van der Waals surface area contributed by atoms with E-state index in [0.29, 0.717) is 11.1 Å². The number of fused-ring (bicyclic) bond motifs is 3. The summed E-state index contributed by atoms with van der Waals surface area (Å²) in [6.07, 6.45) is 2.08. The SMILES string of the molecule is CCN(CC)CCCC(C)NC(=O)c1ccc(O)c2c1CC1CC3C(C(=O)C(C(N)=O)=C(O)[C@H]3N(C)C)C(=O)C1=C2O. The number of benzene rings is 1. The lowest BCUT2D eigenvalue weighted by Crippen LogP contribution is -2.55.